The summed E-state index contributed by atoms with van der Waals surface area (Å²) in [5.74, 6) is -0.00941. The van der Waals surface area contributed by atoms with Crippen LogP contribution >= 0.6 is 0 Å². The molecule has 0 unspecified atom stereocenters. The molecule has 5 heteroatoms. The van der Waals surface area contributed by atoms with Crippen molar-refractivity contribution < 1.29 is 14.3 Å². The number of carbonyl (C=O) groups excluding carboxylic acids is 2. The Morgan fingerprint density at radius 3 is 2.63 bits per heavy atom. The largest absolute Gasteiger partial charge is 0.449 e. The maximum absolute atomic E-state index is 12.6. The Kier molecular flexibility index (Phi) is 6.47. The molecule has 1 aliphatic heterocycles. The van der Waals surface area contributed by atoms with Crippen molar-refractivity contribution in [3.63, 3.8) is 0 Å². The summed E-state index contributed by atoms with van der Waals surface area (Å²) in [6.07, 6.45) is 0.917. The molecule has 0 radical (unpaired) electrons. The van der Waals surface area contributed by atoms with E-state index in [0.29, 0.717) is 32.7 Å². The molecule has 1 aliphatic rings. The third kappa shape index (κ3) is 5.09. The van der Waals surface area contributed by atoms with Crippen LogP contribution in [0, 0.1) is 6.92 Å². The summed E-state index contributed by atoms with van der Waals surface area (Å²) in [4.78, 5) is 25.9. The summed E-state index contributed by atoms with van der Waals surface area (Å²) in [6, 6.07) is 18.3. The Balaban J connectivity index is 1.63. The first-order chi connectivity index (χ1) is 13.1. The Bertz CT molecular complexity index is 776. The Labute approximate surface area is 160 Å². The van der Waals surface area contributed by atoms with Gasteiger partial charge in [0, 0.05) is 32.0 Å². The number of hydrogen-bond donors (Lipinski definition) is 1. The summed E-state index contributed by atoms with van der Waals surface area (Å²) in [5, 5.41) is 2.95. The van der Waals surface area contributed by atoms with Gasteiger partial charge in [-0.25, -0.2) is 4.79 Å². The van der Waals surface area contributed by atoms with E-state index >= 15 is 0 Å². The molecule has 2 aromatic rings. The molecule has 5 nitrogen and oxygen atoms in total. The van der Waals surface area contributed by atoms with Crippen LogP contribution in [0.15, 0.2) is 54.6 Å². The number of ether oxygens (including phenoxy) is 1. The quantitative estimate of drug-likeness (QED) is 0.816. The van der Waals surface area contributed by atoms with Gasteiger partial charge in [0.1, 0.15) is 0 Å². The summed E-state index contributed by atoms with van der Waals surface area (Å²) in [6.45, 7) is 4.15. The molecular formula is C22H26N2O3. The van der Waals surface area contributed by atoms with Crippen molar-refractivity contribution in [2.24, 2.45) is 0 Å². The summed E-state index contributed by atoms with van der Waals surface area (Å²) in [7, 11) is 0. The van der Waals surface area contributed by atoms with Crippen LogP contribution in [0.4, 0.5) is 4.79 Å². The molecular weight excluding hydrogens is 340 g/mol. The van der Waals surface area contributed by atoms with Gasteiger partial charge in [0.25, 0.3) is 0 Å². The van der Waals surface area contributed by atoms with Crippen molar-refractivity contribution in [1.82, 2.24) is 10.2 Å². The second-order valence-electron chi connectivity index (χ2n) is 6.83. The molecule has 142 valence electrons. The highest BCUT2D eigenvalue weighted by atomic mass is 16.6. The lowest BCUT2D eigenvalue weighted by Gasteiger charge is -2.26. The number of cyclic esters (lactones) is 1. The van der Waals surface area contributed by atoms with Gasteiger partial charge in [-0.05, 0) is 30.0 Å². The van der Waals surface area contributed by atoms with Gasteiger partial charge in [-0.3, -0.25) is 4.79 Å². The second kappa shape index (κ2) is 9.21. The van der Waals surface area contributed by atoms with Crippen molar-refractivity contribution >= 4 is 12.0 Å². The fourth-order valence-electron chi connectivity index (χ4n) is 3.46. The van der Waals surface area contributed by atoms with Crippen molar-refractivity contribution in [3.05, 3.63) is 71.3 Å². The fraction of sp³-hybridized carbons (Fsp3) is 0.364. The smallest absolute Gasteiger partial charge is 0.409 e. The van der Waals surface area contributed by atoms with E-state index in [9.17, 15) is 9.59 Å². The summed E-state index contributed by atoms with van der Waals surface area (Å²) < 4.78 is 5.02. The lowest BCUT2D eigenvalue weighted by molar-refractivity contribution is -0.121. The number of amides is 2. The van der Waals surface area contributed by atoms with E-state index in [0.717, 1.165) is 12.0 Å². The number of hydrogen-bond acceptors (Lipinski definition) is 3. The number of nitrogens with zero attached hydrogens (tertiary/aromatic N) is 1. The minimum absolute atomic E-state index is 0.00681. The maximum Gasteiger partial charge on any atom is 0.409 e. The first-order valence-electron chi connectivity index (χ1n) is 9.44. The molecule has 1 heterocycles. The van der Waals surface area contributed by atoms with Crippen LogP contribution in [0.1, 0.15) is 35.4 Å². The van der Waals surface area contributed by atoms with Gasteiger partial charge < -0.3 is 15.0 Å². The van der Waals surface area contributed by atoms with Crippen LogP contribution in [-0.4, -0.2) is 43.1 Å². The highest BCUT2D eigenvalue weighted by molar-refractivity contribution is 5.77. The monoisotopic (exact) mass is 366 g/mol. The summed E-state index contributed by atoms with van der Waals surface area (Å²) >= 11 is 0. The molecule has 2 amide bonds. The van der Waals surface area contributed by atoms with E-state index in [1.54, 1.807) is 4.90 Å². The number of carbonyl (C=O) groups is 2. The van der Waals surface area contributed by atoms with E-state index in [1.165, 1.54) is 11.1 Å². The molecule has 1 atom stereocenters. The number of benzene rings is 2. The van der Waals surface area contributed by atoms with Crippen LogP contribution in [0.5, 0.6) is 0 Å². The predicted octanol–water partition coefficient (Wildman–Crippen LogP) is 3.48. The molecule has 0 aliphatic carbocycles. The maximum atomic E-state index is 12.6. The molecule has 2 aromatic carbocycles. The second-order valence-corrected chi connectivity index (χ2v) is 6.83. The van der Waals surface area contributed by atoms with Crippen molar-refractivity contribution in [1.29, 1.82) is 0 Å². The standard InChI is InChI=1S/C22H26N2O3/c1-17-8-5-6-11-19(17)20(18-9-3-2-4-10-18)16-21(25)23-12-14-24-13-7-15-27-22(24)26/h2-6,8-11,20H,7,12-16H2,1H3,(H,23,25)/t20-/m1/s1. The number of rotatable bonds is 7. The van der Waals surface area contributed by atoms with Gasteiger partial charge in [-0.15, -0.1) is 0 Å². The topological polar surface area (TPSA) is 58.6 Å². The zero-order valence-corrected chi connectivity index (χ0v) is 15.7. The van der Waals surface area contributed by atoms with Gasteiger partial charge >= 0.3 is 6.09 Å². The molecule has 0 spiro atoms. The lowest BCUT2D eigenvalue weighted by atomic mass is 9.86. The lowest BCUT2D eigenvalue weighted by Crippen LogP contribution is -2.42. The zero-order valence-electron chi connectivity index (χ0n) is 15.7. The molecule has 0 saturated carbocycles. The molecule has 27 heavy (non-hydrogen) atoms. The fourth-order valence-corrected chi connectivity index (χ4v) is 3.46. The third-order valence-electron chi connectivity index (χ3n) is 4.92. The van der Waals surface area contributed by atoms with Crippen LogP contribution in [0.2, 0.25) is 0 Å². The molecule has 1 N–H and O–H groups in total. The Morgan fingerprint density at radius 1 is 1.15 bits per heavy atom. The normalized spacial score (nSPS) is 15.1. The van der Waals surface area contributed by atoms with Crippen molar-refractivity contribution in [2.75, 3.05) is 26.2 Å². The van der Waals surface area contributed by atoms with Gasteiger partial charge in [-0.1, -0.05) is 54.6 Å². The highest BCUT2D eigenvalue weighted by Crippen LogP contribution is 2.30. The molecule has 1 fully saturated rings. The number of nitrogens with one attached hydrogen (secondary N) is 1. The third-order valence-corrected chi connectivity index (χ3v) is 4.92. The van der Waals surface area contributed by atoms with Gasteiger partial charge in [0.05, 0.1) is 6.61 Å². The highest BCUT2D eigenvalue weighted by Gasteiger charge is 2.21. The van der Waals surface area contributed by atoms with E-state index in [2.05, 4.69) is 36.5 Å². The minimum atomic E-state index is -0.294. The zero-order chi connectivity index (χ0) is 19.1. The Morgan fingerprint density at radius 2 is 1.89 bits per heavy atom. The number of aryl methyl sites for hydroxylation is 1. The van der Waals surface area contributed by atoms with Crippen LogP contribution in [0.25, 0.3) is 0 Å². The molecule has 0 aromatic heterocycles. The molecule has 0 bridgehead atoms. The van der Waals surface area contributed by atoms with E-state index in [4.69, 9.17) is 4.74 Å². The van der Waals surface area contributed by atoms with Gasteiger partial charge in [0.2, 0.25) is 5.91 Å². The van der Waals surface area contributed by atoms with E-state index in [1.807, 2.05) is 30.3 Å². The van der Waals surface area contributed by atoms with Crippen molar-refractivity contribution in [3.8, 4) is 0 Å². The van der Waals surface area contributed by atoms with Gasteiger partial charge in [0.15, 0.2) is 0 Å². The Hall–Kier alpha value is -2.82. The van der Waals surface area contributed by atoms with E-state index in [-0.39, 0.29) is 17.9 Å². The average molecular weight is 366 g/mol. The average Bonchev–Trinajstić information content (AvgIpc) is 2.69. The van der Waals surface area contributed by atoms with Crippen LogP contribution < -0.4 is 5.32 Å². The van der Waals surface area contributed by atoms with Crippen molar-refractivity contribution in [2.45, 2.75) is 25.7 Å². The SMILES string of the molecule is Cc1ccccc1[C@H](CC(=O)NCCN1CCCOC1=O)c1ccccc1. The predicted molar refractivity (Wildman–Crippen MR) is 105 cm³/mol. The molecule has 3 rings (SSSR count). The van der Waals surface area contributed by atoms with Crippen LogP contribution in [0.3, 0.4) is 0 Å². The molecule has 1 saturated heterocycles. The van der Waals surface area contributed by atoms with Crippen LogP contribution in [-0.2, 0) is 9.53 Å². The minimum Gasteiger partial charge on any atom is -0.449 e. The summed E-state index contributed by atoms with van der Waals surface area (Å²) in [5.41, 5.74) is 3.47. The van der Waals surface area contributed by atoms with Gasteiger partial charge in [-0.2, -0.15) is 0 Å². The van der Waals surface area contributed by atoms with E-state index < -0.39 is 0 Å². The first kappa shape index (κ1) is 19.0. The first-order valence-corrected chi connectivity index (χ1v) is 9.44.